The quantitative estimate of drug-likeness (QED) is 0.528. The lowest BCUT2D eigenvalue weighted by Gasteiger charge is -2.29. The summed E-state index contributed by atoms with van der Waals surface area (Å²) in [6, 6.07) is 4.20. The second kappa shape index (κ2) is 8.87. The van der Waals surface area contributed by atoms with E-state index in [4.69, 9.17) is 14.0 Å². The number of benzene rings is 1. The highest BCUT2D eigenvalue weighted by Gasteiger charge is 2.31. The third kappa shape index (κ3) is 8.12. The number of carbonyl (C=O) groups excluding carboxylic acids is 1. The van der Waals surface area contributed by atoms with Crippen LogP contribution in [0.2, 0.25) is 0 Å². The van der Waals surface area contributed by atoms with E-state index in [-0.39, 0.29) is 12.1 Å². The van der Waals surface area contributed by atoms with Crippen LogP contribution in [-0.2, 0) is 19.6 Å². The standard InChI is InChI=1S/C15H18F3NO7S/c16-15(17,18)26-12-3-1-2-11(8-12)14(20)25-13(10-27(21,22)23)9-19-4-6-24-7-5-19/h1-3,8,13H,4-7,9-10H2,(H,21,22,23). The SMILES string of the molecule is O=C(OC(CN1CCOCC1)CS(=O)(=O)O)c1cccc(OC(F)(F)F)c1. The summed E-state index contributed by atoms with van der Waals surface area (Å²) in [6.45, 7) is 1.82. The molecular weight excluding hydrogens is 395 g/mol. The van der Waals surface area contributed by atoms with Gasteiger partial charge in [-0.2, -0.15) is 8.42 Å². The first-order valence-corrected chi connectivity index (χ1v) is 9.45. The molecule has 1 unspecified atom stereocenters. The van der Waals surface area contributed by atoms with E-state index in [0.717, 1.165) is 18.2 Å². The Hall–Kier alpha value is -1.89. The second-order valence-corrected chi connectivity index (χ2v) is 7.26. The van der Waals surface area contributed by atoms with Crippen LogP contribution in [0, 0.1) is 0 Å². The number of carbonyl (C=O) groups is 1. The van der Waals surface area contributed by atoms with Crippen molar-refractivity contribution >= 4 is 16.1 Å². The van der Waals surface area contributed by atoms with Crippen molar-refractivity contribution in [2.45, 2.75) is 12.5 Å². The van der Waals surface area contributed by atoms with Crippen molar-refractivity contribution in [1.82, 2.24) is 4.90 Å². The third-order valence-corrected chi connectivity index (χ3v) is 4.33. The van der Waals surface area contributed by atoms with Crippen molar-refractivity contribution in [2.75, 3.05) is 38.6 Å². The van der Waals surface area contributed by atoms with Crippen LogP contribution in [0.1, 0.15) is 10.4 Å². The Morgan fingerprint density at radius 1 is 1.30 bits per heavy atom. The van der Waals surface area contributed by atoms with Crippen LogP contribution in [0.15, 0.2) is 24.3 Å². The first kappa shape index (κ1) is 21.4. The summed E-state index contributed by atoms with van der Waals surface area (Å²) >= 11 is 0. The zero-order valence-corrected chi connectivity index (χ0v) is 14.8. The van der Waals surface area contributed by atoms with E-state index < -0.39 is 40.1 Å². The minimum absolute atomic E-state index is 0.0215. The van der Waals surface area contributed by atoms with Gasteiger partial charge in [-0.05, 0) is 18.2 Å². The first-order chi connectivity index (χ1) is 12.5. The smallest absolute Gasteiger partial charge is 0.456 e. The van der Waals surface area contributed by atoms with Crippen molar-refractivity contribution in [3.63, 3.8) is 0 Å². The molecule has 0 spiro atoms. The van der Waals surface area contributed by atoms with Gasteiger partial charge >= 0.3 is 12.3 Å². The summed E-state index contributed by atoms with van der Waals surface area (Å²) in [5.74, 6) is -2.49. The highest BCUT2D eigenvalue weighted by atomic mass is 32.2. The highest BCUT2D eigenvalue weighted by Crippen LogP contribution is 2.23. The van der Waals surface area contributed by atoms with E-state index in [2.05, 4.69) is 4.74 Å². The van der Waals surface area contributed by atoms with Gasteiger partial charge in [-0.15, -0.1) is 13.2 Å². The van der Waals surface area contributed by atoms with Crippen molar-refractivity contribution in [3.05, 3.63) is 29.8 Å². The van der Waals surface area contributed by atoms with Crippen LogP contribution >= 0.6 is 0 Å². The summed E-state index contributed by atoms with van der Waals surface area (Å²) in [4.78, 5) is 14.0. The van der Waals surface area contributed by atoms with Crippen LogP contribution in [0.3, 0.4) is 0 Å². The molecule has 1 N–H and O–H groups in total. The summed E-state index contributed by atoms with van der Waals surface area (Å²) in [5, 5.41) is 0. The minimum atomic E-state index is -4.92. The number of halogens is 3. The molecule has 1 aromatic carbocycles. The zero-order valence-electron chi connectivity index (χ0n) is 14.0. The maximum Gasteiger partial charge on any atom is 0.573 e. The van der Waals surface area contributed by atoms with E-state index in [1.54, 1.807) is 4.90 Å². The predicted molar refractivity (Wildman–Crippen MR) is 86.0 cm³/mol. The Morgan fingerprint density at radius 2 is 1.96 bits per heavy atom. The molecular formula is C15H18F3NO7S. The van der Waals surface area contributed by atoms with Gasteiger partial charge in [0.25, 0.3) is 10.1 Å². The van der Waals surface area contributed by atoms with E-state index in [9.17, 15) is 26.4 Å². The van der Waals surface area contributed by atoms with Gasteiger partial charge in [0.2, 0.25) is 0 Å². The number of esters is 1. The number of nitrogens with zero attached hydrogens (tertiary/aromatic N) is 1. The van der Waals surface area contributed by atoms with E-state index in [1.807, 2.05) is 0 Å². The number of ether oxygens (including phenoxy) is 3. The van der Waals surface area contributed by atoms with E-state index in [1.165, 1.54) is 6.07 Å². The van der Waals surface area contributed by atoms with Crippen LogP contribution in [-0.4, -0.2) is 74.9 Å². The largest absolute Gasteiger partial charge is 0.573 e. The van der Waals surface area contributed by atoms with Gasteiger partial charge in [0, 0.05) is 19.6 Å². The molecule has 1 aromatic rings. The molecule has 0 radical (unpaired) electrons. The van der Waals surface area contributed by atoms with Gasteiger partial charge < -0.3 is 14.2 Å². The molecule has 27 heavy (non-hydrogen) atoms. The second-order valence-electron chi connectivity index (χ2n) is 5.76. The first-order valence-electron chi connectivity index (χ1n) is 7.84. The van der Waals surface area contributed by atoms with Crippen molar-refractivity contribution < 1.29 is 45.1 Å². The Labute approximate surface area is 153 Å². The lowest BCUT2D eigenvalue weighted by molar-refractivity contribution is -0.274. The summed E-state index contributed by atoms with van der Waals surface area (Å²) in [5.41, 5.74) is -0.251. The lowest BCUT2D eigenvalue weighted by Crippen LogP contribution is -2.44. The number of rotatable bonds is 7. The summed E-state index contributed by atoms with van der Waals surface area (Å²) in [7, 11) is -4.44. The van der Waals surface area contributed by atoms with Gasteiger partial charge in [0.15, 0.2) is 0 Å². The van der Waals surface area contributed by atoms with Gasteiger partial charge in [-0.1, -0.05) is 6.07 Å². The third-order valence-electron chi connectivity index (χ3n) is 3.54. The molecule has 8 nitrogen and oxygen atoms in total. The molecule has 1 heterocycles. The molecule has 1 aliphatic rings. The van der Waals surface area contributed by atoms with Crippen molar-refractivity contribution in [2.24, 2.45) is 0 Å². The molecule has 0 amide bonds. The molecule has 1 saturated heterocycles. The molecule has 1 atom stereocenters. The summed E-state index contributed by atoms with van der Waals surface area (Å²) in [6.07, 6.45) is -6.13. The molecule has 0 bridgehead atoms. The fourth-order valence-electron chi connectivity index (χ4n) is 2.47. The Balaban J connectivity index is 2.08. The number of alkyl halides is 3. The van der Waals surface area contributed by atoms with Crippen molar-refractivity contribution in [3.8, 4) is 5.75 Å². The lowest BCUT2D eigenvalue weighted by atomic mass is 10.2. The average molecular weight is 413 g/mol. The predicted octanol–water partition coefficient (Wildman–Crippen LogP) is 1.33. The topological polar surface area (TPSA) is 102 Å². The minimum Gasteiger partial charge on any atom is -0.456 e. The zero-order chi connectivity index (χ0) is 20.1. The van der Waals surface area contributed by atoms with Crippen LogP contribution in [0.5, 0.6) is 5.75 Å². The molecule has 12 heteroatoms. The van der Waals surface area contributed by atoms with Gasteiger partial charge in [0.05, 0.1) is 18.8 Å². The molecule has 0 aromatic heterocycles. The molecule has 0 aliphatic carbocycles. The van der Waals surface area contributed by atoms with Crippen LogP contribution in [0.4, 0.5) is 13.2 Å². The molecule has 1 fully saturated rings. The molecule has 1 aliphatic heterocycles. The Bertz CT molecular complexity index is 748. The number of hydrogen-bond acceptors (Lipinski definition) is 7. The van der Waals surface area contributed by atoms with Gasteiger partial charge in [0.1, 0.15) is 17.6 Å². The average Bonchev–Trinajstić information content (AvgIpc) is 2.52. The van der Waals surface area contributed by atoms with Crippen LogP contribution in [0.25, 0.3) is 0 Å². The molecule has 2 rings (SSSR count). The van der Waals surface area contributed by atoms with E-state index >= 15 is 0 Å². The normalized spacial score (nSPS) is 17.3. The number of hydrogen-bond donors (Lipinski definition) is 1. The summed E-state index contributed by atoms with van der Waals surface area (Å²) < 4.78 is 82.3. The molecule has 152 valence electrons. The Morgan fingerprint density at radius 3 is 2.56 bits per heavy atom. The van der Waals surface area contributed by atoms with Crippen molar-refractivity contribution in [1.29, 1.82) is 0 Å². The Kier molecular flexibility index (Phi) is 7.03. The van der Waals surface area contributed by atoms with Crippen LogP contribution < -0.4 is 4.74 Å². The van der Waals surface area contributed by atoms with Gasteiger partial charge in [-0.3, -0.25) is 9.45 Å². The molecule has 0 saturated carbocycles. The maximum absolute atomic E-state index is 12.3. The monoisotopic (exact) mass is 413 g/mol. The maximum atomic E-state index is 12.3. The fraction of sp³-hybridized carbons (Fsp3) is 0.533. The van der Waals surface area contributed by atoms with Gasteiger partial charge in [-0.25, -0.2) is 4.79 Å². The fourth-order valence-corrected chi connectivity index (χ4v) is 3.11. The van der Waals surface area contributed by atoms with E-state index in [0.29, 0.717) is 26.3 Å². The number of morpholine rings is 1. The highest BCUT2D eigenvalue weighted by molar-refractivity contribution is 7.85.